The van der Waals surface area contributed by atoms with Crippen molar-refractivity contribution in [1.82, 2.24) is 19.7 Å². The number of nitrogens with zero attached hydrogens (tertiary/aromatic N) is 3. The Kier molecular flexibility index (Phi) is 3.68. The number of hydrogen-bond donors (Lipinski definition) is 3. The van der Waals surface area contributed by atoms with E-state index in [-0.39, 0.29) is 23.1 Å². The van der Waals surface area contributed by atoms with Gasteiger partial charge >= 0.3 is 0 Å². The average molecular weight is 305 g/mol. The first kappa shape index (κ1) is 15.0. The lowest BCUT2D eigenvalue weighted by atomic mass is 10.1. The standard InChI is InChI=1S/C15H23N5O2/c1-15(2,3)20-12-10(8-17-20)13(22)19-14(18-12)16-7-9-5-4-6-11(9)21/h8-9,11,21H,4-7H2,1-3H3,(H2,16,18,19,22). The van der Waals surface area contributed by atoms with E-state index in [9.17, 15) is 9.90 Å². The first-order valence-electron chi connectivity index (χ1n) is 7.77. The third-order valence-electron chi connectivity index (χ3n) is 4.22. The molecule has 7 heteroatoms. The number of aliphatic hydroxyl groups is 1. The normalized spacial score (nSPS) is 22.4. The second kappa shape index (κ2) is 5.39. The number of aromatic nitrogens is 4. The number of aromatic amines is 1. The van der Waals surface area contributed by atoms with Crippen LogP contribution in [0.5, 0.6) is 0 Å². The molecule has 1 aliphatic rings. The Labute approximate surface area is 128 Å². The molecule has 0 radical (unpaired) electrons. The number of rotatable bonds is 3. The van der Waals surface area contributed by atoms with Crippen molar-refractivity contribution < 1.29 is 5.11 Å². The summed E-state index contributed by atoms with van der Waals surface area (Å²) in [6.07, 6.45) is 4.19. The van der Waals surface area contributed by atoms with Crippen LogP contribution in [0, 0.1) is 5.92 Å². The van der Waals surface area contributed by atoms with Crippen molar-refractivity contribution >= 4 is 17.0 Å². The number of anilines is 1. The van der Waals surface area contributed by atoms with E-state index < -0.39 is 0 Å². The molecule has 1 fully saturated rings. The first-order valence-corrected chi connectivity index (χ1v) is 7.77. The highest BCUT2D eigenvalue weighted by Crippen LogP contribution is 2.25. The summed E-state index contributed by atoms with van der Waals surface area (Å²) in [5, 5.41) is 17.8. The van der Waals surface area contributed by atoms with Gasteiger partial charge in [0.1, 0.15) is 5.39 Å². The number of nitrogens with one attached hydrogen (secondary N) is 2. The van der Waals surface area contributed by atoms with Crippen LogP contribution in [-0.4, -0.2) is 37.5 Å². The molecule has 3 N–H and O–H groups in total. The van der Waals surface area contributed by atoms with Gasteiger partial charge in [0.25, 0.3) is 5.56 Å². The predicted octanol–water partition coefficient (Wildman–Crippen LogP) is 1.45. The van der Waals surface area contributed by atoms with Crippen LogP contribution in [-0.2, 0) is 5.54 Å². The van der Waals surface area contributed by atoms with Gasteiger partial charge in [0.2, 0.25) is 5.95 Å². The van der Waals surface area contributed by atoms with E-state index in [1.807, 2.05) is 20.8 Å². The first-order chi connectivity index (χ1) is 10.4. The number of H-pyrrole nitrogens is 1. The minimum atomic E-state index is -0.261. The van der Waals surface area contributed by atoms with E-state index in [0.29, 0.717) is 23.5 Å². The van der Waals surface area contributed by atoms with E-state index in [1.54, 1.807) is 10.9 Å². The smallest absolute Gasteiger partial charge is 0.263 e. The molecule has 22 heavy (non-hydrogen) atoms. The van der Waals surface area contributed by atoms with Gasteiger partial charge in [-0.3, -0.25) is 9.78 Å². The monoisotopic (exact) mass is 305 g/mol. The Morgan fingerprint density at radius 2 is 2.23 bits per heavy atom. The highest BCUT2D eigenvalue weighted by molar-refractivity contribution is 5.74. The average Bonchev–Trinajstić information content (AvgIpc) is 3.02. The maximum atomic E-state index is 12.2. The van der Waals surface area contributed by atoms with E-state index in [2.05, 4.69) is 20.4 Å². The molecule has 3 rings (SSSR count). The summed E-state index contributed by atoms with van der Waals surface area (Å²) < 4.78 is 1.76. The second-order valence-corrected chi connectivity index (χ2v) is 7.02. The Balaban J connectivity index is 1.89. The van der Waals surface area contributed by atoms with Crippen LogP contribution in [0.3, 0.4) is 0 Å². The van der Waals surface area contributed by atoms with Crippen LogP contribution in [0.4, 0.5) is 5.95 Å². The van der Waals surface area contributed by atoms with Gasteiger partial charge in [-0.2, -0.15) is 10.1 Å². The molecule has 120 valence electrons. The molecule has 0 saturated heterocycles. The van der Waals surface area contributed by atoms with Gasteiger partial charge in [0, 0.05) is 12.5 Å². The van der Waals surface area contributed by atoms with Crippen molar-refractivity contribution in [2.24, 2.45) is 5.92 Å². The summed E-state index contributed by atoms with van der Waals surface area (Å²) >= 11 is 0. The van der Waals surface area contributed by atoms with Gasteiger partial charge in [-0.1, -0.05) is 6.42 Å². The second-order valence-electron chi connectivity index (χ2n) is 7.02. The number of fused-ring (bicyclic) bond motifs is 1. The molecule has 0 aromatic carbocycles. The lowest BCUT2D eigenvalue weighted by Crippen LogP contribution is -2.26. The van der Waals surface area contributed by atoms with Crippen LogP contribution in [0.25, 0.3) is 11.0 Å². The summed E-state index contributed by atoms with van der Waals surface area (Å²) in [6, 6.07) is 0. The Morgan fingerprint density at radius 3 is 2.86 bits per heavy atom. The van der Waals surface area contributed by atoms with Crippen LogP contribution in [0.15, 0.2) is 11.0 Å². The molecular formula is C15H23N5O2. The van der Waals surface area contributed by atoms with Crippen molar-refractivity contribution in [1.29, 1.82) is 0 Å². The zero-order valence-corrected chi connectivity index (χ0v) is 13.3. The summed E-state index contributed by atoms with van der Waals surface area (Å²) in [4.78, 5) is 19.4. The van der Waals surface area contributed by atoms with Crippen molar-refractivity contribution in [2.45, 2.75) is 51.7 Å². The zero-order valence-electron chi connectivity index (χ0n) is 13.3. The summed E-state index contributed by atoms with van der Waals surface area (Å²) in [5.41, 5.74) is 0.127. The van der Waals surface area contributed by atoms with Gasteiger partial charge in [-0.15, -0.1) is 0 Å². The Morgan fingerprint density at radius 1 is 1.45 bits per heavy atom. The summed E-state index contributed by atoms with van der Waals surface area (Å²) in [5.74, 6) is 0.649. The molecule has 2 unspecified atom stereocenters. The highest BCUT2D eigenvalue weighted by atomic mass is 16.3. The minimum Gasteiger partial charge on any atom is -0.393 e. The molecule has 0 amide bonds. The van der Waals surface area contributed by atoms with E-state index in [4.69, 9.17) is 0 Å². The van der Waals surface area contributed by atoms with Gasteiger partial charge in [-0.25, -0.2) is 4.68 Å². The number of aliphatic hydroxyl groups excluding tert-OH is 1. The van der Waals surface area contributed by atoms with Crippen LogP contribution < -0.4 is 10.9 Å². The third-order valence-corrected chi connectivity index (χ3v) is 4.22. The fraction of sp³-hybridized carbons (Fsp3) is 0.667. The molecule has 2 aromatic rings. The largest absolute Gasteiger partial charge is 0.393 e. The van der Waals surface area contributed by atoms with Crippen molar-refractivity contribution in [2.75, 3.05) is 11.9 Å². The van der Waals surface area contributed by atoms with Gasteiger partial charge in [0.05, 0.1) is 17.8 Å². The SMILES string of the molecule is CC(C)(C)n1ncc2c(=O)[nH]c(NCC3CCCC3O)nc21. The van der Waals surface area contributed by atoms with Crippen LogP contribution in [0.2, 0.25) is 0 Å². The highest BCUT2D eigenvalue weighted by Gasteiger charge is 2.25. The molecule has 7 nitrogen and oxygen atoms in total. The number of hydrogen-bond acceptors (Lipinski definition) is 5. The quantitative estimate of drug-likeness (QED) is 0.797. The van der Waals surface area contributed by atoms with E-state index >= 15 is 0 Å². The van der Waals surface area contributed by atoms with E-state index in [1.165, 1.54) is 0 Å². The molecule has 2 atom stereocenters. The molecular weight excluding hydrogens is 282 g/mol. The van der Waals surface area contributed by atoms with Crippen molar-refractivity contribution in [3.05, 3.63) is 16.6 Å². The van der Waals surface area contributed by atoms with E-state index in [0.717, 1.165) is 19.3 Å². The van der Waals surface area contributed by atoms with Crippen LogP contribution >= 0.6 is 0 Å². The predicted molar refractivity (Wildman–Crippen MR) is 85.0 cm³/mol. The molecule has 0 spiro atoms. The maximum absolute atomic E-state index is 12.2. The maximum Gasteiger partial charge on any atom is 0.263 e. The molecule has 1 aliphatic carbocycles. The molecule has 0 bridgehead atoms. The van der Waals surface area contributed by atoms with Crippen LogP contribution in [0.1, 0.15) is 40.0 Å². The summed E-state index contributed by atoms with van der Waals surface area (Å²) in [6.45, 7) is 6.66. The summed E-state index contributed by atoms with van der Waals surface area (Å²) in [7, 11) is 0. The van der Waals surface area contributed by atoms with Gasteiger partial charge in [0.15, 0.2) is 5.65 Å². The zero-order chi connectivity index (χ0) is 15.9. The minimum absolute atomic E-state index is 0.199. The lowest BCUT2D eigenvalue weighted by Gasteiger charge is -2.20. The molecule has 0 aliphatic heterocycles. The fourth-order valence-corrected chi connectivity index (χ4v) is 2.98. The molecule has 1 saturated carbocycles. The molecule has 2 heterocycles. The van der Waals surface area contributed by atoms with Gasteiger partial charge < -0.3 is 10.4 Å². The topological polar surface area (TPSA) is 95.8 Å². The lowest BCUT2D eigenvalue weighted by molar-refractivity contribution is 0.138. The Bertz CT molecular complexity index is 728. The fourth-order valence-electron chi connectivity index (χ4n) is 2.98. The molecule has 2 aromatic heterocycles. The third kappa shape index (κ3) is 2.72. The van der Waals surface area contributed by atoms with Crippen molar-refractivity contribution in [3.8, 4) is 0 Å². The van der Waals surface area contributed by atoms with Gasteiger partial charge in [-0.05, 0) is 33.6 Å². The Hall–Kier alpha value is -1.89. The van der Waals surface area contributed by atoms with Crippen molar-refractivity contribution in [3.63, 3.8) is 0 Å².